The van der Waals surface area contributed by atoms with E-state index in [0.29, 0.717) is 41.2 Å². The first-order valence-corrected chi connectivity index (χ1v) is 23.2. The van der Waals surface area contributed by atoms with E-state index in [4.69, 9.17) is 23.7 Å². The zero-order valence-electron chi connectivity index (χ0n) is 39.5. The number of hydrogen-bond donors (Lipinski definition) is 0. The van der Waals surface area contributed by atoms with Crippen LogP contribution in [-0.4, -0.2) is 134 Å². The summed E-state index contributed by atoms with van der Waals surface area (Å²) in [5.41, 5.74) is -3.19. The van der Waals surface area contributed by atoms with E-state index in [9.17, 15) is 40.8 Å². The molecule has 4 rings (SSSR count). The van der Waals surface area contributed by atoms with Gasteiger partial charge in [0.25, 0.3) is 5.91 Å². The highest BCUT2D eigenvalue weighted by molar-refractivity contribution is 7.89. The third-order valence-electron chi connectivity index (χ3n) is 10.3. The molecule has 362 valence electrons. The van der Waals surface area contributed by atoms with Gasteiger partial charge in [-0.15, -0.1) is 0 Å². The zero-order chi connectivity index (χ0) is 48.8. The van der Waals surface area contributed by atoms with Gasteiger partial charge in [-0.25, -0.2) is 22.3 Å². The molecular formula is C46H65F3N4O11S. The largest absolute Gasteiger partial charge is 0.491 e. The number of halogens is 3. The Balaban J connectivity index is 1.45. The van der Waals surface area contributed by atoms with E-state index in [2.05, 4.69) is 4.99 Å². The highest BCUT2D eigenvalue weighted by Crippen LogP contribution is 2.39. The number of likely N-dealkylation sites (N-methyl/N-ethyl adjacent to an activating group) is 1. The molecule has 2 aliphatic heterocycles. The van der Waals surface area contributed by atoms with Crippen LogP contribution in [0.3, 0.4) is 0 Å². The van der Waals surface area contributed by atoms with Gasteiger partial charge in [0.15, 0.2) is 0 Å². The number of imide groups is 1. The molecule has 65 heavy (non-hydrogen) atoms. The van der Waals surface area contributed by atoms with Crippen molar-refractivity contribution in [2.24, 2.45) is 10.4 Å². The summed E-state index contributed by atoms with van der Waals surface area (Å²) in [6.45, 7) is 18.3. The van der Waals surface area contributed by atoms with E-state index in [1.165, 1.54) is 10.4 Å². The number of ether oxygens (including phenoxy) is 5. The Kier molecular flexibility index (Phi) is 17.1. The van der Waals surface area contributed by atoms with Gasteiger partial charge in [-0.1, -0.05) is 26.8 Å². The van der Waals surface area contributed by atoms with Gasteiger partial charge in [-0.3, -0.25) is 14.6 Å². The van der Waals surface area contributed by atoms with Crippen molar-refractivity contribution < 1.29 is 64.5 Å². The molecule has 15 nitrogen and oxygen atoms in total. The van der Waals surface area contributed by atoms with Gasteiger partial charge in [0.1, 0.15) is 34.9 Å². The van der Waals surface area contributed by atoms with Crippen molar-refractivity contribution in [3.8, 4) is 5.75 Å². The summed E-state index contributed by atoms with van der Waals surface area (Å²) in [4.78, 5) is 59.6. The van der Waals surface area contributed by atoms with Crippen molar-refractivity contribution in [1.82, 2.24) is 14.1 Å². The number of piperidine rings is 1. The van der Waals surface area contributed by atoms with E-state index in [1.54, 1.807) is 78.6 Å². The number of carbonyl (C=O) groups is 4. The lowest BCUT2D eigenvalue weighted by Crippen LogP contribution is -2.53. The Morgan fingerprint density at radius 3 is 2.00 bits per heavy atom. The van der Waals surface area contributed by atoms with Crippen molar-refractivity contribution in [3.05, 3.63) is 64.2 Å². The second-order valence-corrected chi connectivity index (χ2v) is 21.7. The van der Waals surface area contributed by atoms with E-state index >= 15 is 0 Å². The average Bonchev–Trinajstić information content (AvgIpc) is 3.45. The van der Waals surface area contributed by atoms with Gasteiger partial charge in [-0.2, -0.15) is 18.1 Å². The number of rotatable bonds is 17. The number of hydrogen-bond acceptors (Lipinski definition) is 12. The SMILES string of the molecule is Cc1cc(C(=O)OC(C)(C)C)ccc1CCS(=O)(=O)N1CCC2(CC1)N=C(c1cc(OCCOCCOCCN(C)C(=O)CC(C)(C)C)cc(C(F)(F)F)c1)N(C(=O)OC(C)(C)C)C2=O. The average molecular weight is 939 g/mol. The second-order valence-electron chi connectivity index (χ2n) is 19.6. The molecule has 0 aliphatic carbocycles. The number of sulfonamides is 1. The van der Waals surface area contributed by atoms with Crippen LogP contribution in [-0.2, 0) is 51.2 Å². The van der Waals surface area contributed by atoms with E-state index < -0.39 is 56.5 Å². The lowest BCUT2D eigenvalue weighted by molar-refractivity contribution is -0.137. The van der Waals surface area contributed by atoms with E-state index in [0.717, 1.165) is 12.1 Å². The van der Waals surface area contributed by atoms with Crippen LogP contribution in [0.2, 0.25) is 0 Å². The molecule has 3 amide bonds. The molecule has 0 radical (unpaired) electrons. The summed E-state index contributed by atoms with van der Waals surface area (Å²) < 4.78 is 99.2. The maximum Gasteiger partial charge on any atom is 0.423 e. The normalized spacial score (nSPS) is 16.1. The van der Waals surface area contributed by atoms with Crippen LogP contribution in [0.4, 0.5) is 18.0 Å². The Bertz CT molecular complexity index is 2180. The molecule has 0 aromatic heterocycles. The minimum atomic E-state index is -4.86. The molecule has 0 atom stereocenters. The molecule has 19 heteroatoms. The van der Waals surface area contributed by atoms with E-state index in [-0.39, 0.29) is 93.0 Å². The third-order valence-corrected chi connectivity index (χ3v) is 12.2. The molecule has 2 aliphatic rings. The number of amides is 3. The van der Waals surface area contributed by atoms with Crippen LogP contribution in [0.15, 0.2) is 41.4 Å². The fourth-order valence-corrected chi connectivity index (χ4v) is 8.45. The van der Waals surface area contributed by atoms with Gasteiger partial charge in [-0.05, 0) is 115 Å². The maximum absolute atomic E-state index is 14.3. The summed E-state index contributed by atoms with van der Waals surface area (Å²) in [5.74, 6) is -2.23. The van der Waals surface area contributed by atoms with Gasteiger partial charge < -0.3 is 28.6 Å². The van der Waals surface area contributed by atoms with Gasteiger partial charge >= 0.3 is 18.2 Å². The summed E-state index contributed by atoms with van der Waals surface area (Å²) in [5, 5.41) is 0. The summed E-state index contributed by atoms with van der Waals surface area (Å²) >= 11 is 0. The molecule has 0 saturated carbocycles. The first kappa shape index (κ1) is 53.0. The van der Waals surface area contributed by atoms with Crippen molar-refractivity contribution in [2.45, 2.75) is 118 Å². The molecule has 1 spiro atoms. The Morgan fingerprint density at radius 2 is 1.43 bits per heavy atom. The quantitative estimate of drug-likeness (QED) is 0.116. The highest BCUT2D eigenvalue weighted by Gasteiger charge is 2.54. The minimum absolute atomic E-state index is 0.00905. The monoisotopic (exact) mass is 938 g/mol. The number of benzene rings is 2. The summed E-state index contributed by atoms with van der Waals surface area (Å²) in [6.07, 6.45) is -5.79. The predicted molar refractivity (Wildman–Crippen MR) is 237 cm³/mol. The summed E-state index contributed by atoms with van der Waals surface area (Å²) in [7, 11) is -2.18. The first-order chi connectivity index (χ1) is 29.9. The number of nitrogens with zero attached hydrogens (tertiary/aromatic N) is 4. The van der Waals surface area contributed by atoms with Crippen molar-refractivity contribution in [3.63, 3.8) is 0 Å². The highest BCUT2D eigenvalue weighted by atomic mass is 32.2. The first-order valence-electron chi connectivity index (χ1n) is 21.6. The number of esters is 1. The minimum Gasteiger partial charge on any atom is -0.491 e. The predicted octanol–water partition coefficient (Wildman–Crippen LogP) is 7.21. The molecule has 2 aromatic rings. The number of amidine groups is 1. The van der Waals surface area contributed by atoms with Gasteiger partial charge in [0.05, 0.1) is 43.3 Å². The van der Waals surface area contributed by atoms with Crippen molar-refractivity contribution in [1.29, 1.82) is 0 Å². The number of alkyl halides is 3. The van der Waals surface area contributed by atoms with Crippen LogP contribution in [0.25, 0.3) is 0 Å². The standard InChI is InChI=1S/C46H65F3N4O11S/c1-31-26-33(39(55)63-43(5,6)7)13-12-32(31)14-25-65(58,59)52-17-15-45(16-18-52)40(56)53(41(57)64-44(8,9)10)38(50-45)34-27-35(46(47,48)49)29-36(28-34)62-24-23-61-22-21-60-20-19-51(11)37(54)30-42(2,3)4/h12-13,26-29H,14-25,30H2,1-11H3. The van der Waals surface area contributed by atoms with Crippen LogP contribution in [0.1, 0.15) is 114 Å². The molecule has 1 saturated heterocycles. The fourth-order valence-electron chi connectivity index (χ4n) is 6.97. The number of carbonyl (C=O) groups excluding carboxylic acids is 4. The topological polar surface area (TPSA) is 171 Å². The van der Waals surface area contributed by atoms with Gasteiger partial charge in [0, 0.05) is 38.7 Å². The number of aryl methyl sites for hydroxylation is 2. The Morgan fingerprint density at radius 1 is 0.831 bits per heavy atom. The van der Waals surface area contributed by atoms with Crippen LogP contribution in [0.5, 0.6) is 5.75 Å². The Hall–Kier alpha value is -4.59. The molecule has 0 N–H and O–H groups in total. The third kappa shape index (κ3) is 15.5. The van der Waals surface area contributed by atoms with Crippen LogP contribution >= 0.6 is 0 Å². The van der Waals surface area contributed by atoms with Crippen molar-refractivity contribution in [2.75, 3.05) is 65.5 Å². The van der Waals surface area contributed by atoms with E-state index in [1.807, 2.05) is 20.8 Å². The fraction of sp³-hybridized carbons (Fsp3) is 0.630. The van der Waals surface area contributed by atoms with Gasteiger partial charge in [0.2, 0.25) is 15.9 Å². The summed E-state index contributed by atoms with van der Waals surface area (Å²) in [6, 6.07) is 7.70. The molecule has 2 aromatic carbocycles. The van der Waals surface area contributed by atoms with Crippen LogP contribution < -0.4 is 4.74 Å². The molecule has 1 fully saturated rings. The Labute approximate surface area is 381 Å². The molecule has 2 heterocycles. The lowest BCUT2D eigenvalue weighted by Gasteiger charge is -2.35. The molecular weight excluding hydrogens is 874 g/mol. The molecule has 0 bridgehead atoms. The number of aliphatic imine (C=N–C) groups is 1. The molecule has 0 unspecified atom stereocenters. The van der Waals surface area contributed by atoms with Crippen molar-refractivity contribution >= 4 is 39.7 Å². The zero-order valence-corrected chi connectivity index (χ0v) is 40.3. The van der Waals surface area contributed by atoms with Crippen LogP contribution in [0, 0.1) is 12.3 Å². The second kappa shape index (κ2) is 20.9. The maximum atomic E-state index is 14.3. The lowest BCUT2D eigenvalue weighted by atomic mass is 9.88. The smallest absolute Gasteiger partial charge is 0.423 e.